The van der Waals surface area contributed by atoms with E-state index in [1.807, 2.05) is 20.4 Å². The Bertz CT molecular complexity index is 761. The Morgan fingerprint density at radius 3 is 1.57 bits per heavy atom. The number of rotatable bonds is 24. The first-order chi connectivity index (χ1) is 18.2. The van der Waals surface area contributed by atoms with Crippen LogP contribution >= 0.6 is 22.7 Å². The van der Waals surface area contributed by atoms with Crippen molar-refractivity contribution in [3.63, 3.8) is 0 Å². The van der Waals surface area contributed by atoms with Crippen molar-refractivity contribution in [3.05, 3.63) is 23.2 Å². The van der Waals surface area contributed by atoms with Crippen molar-refractivity contribution in [3.8, 4) is 9.88 Å². The van der Waals surface area contributed by atoms with Gasteiger partial charge >= 0.3 is 212 Å². The van der Waals surface area contributed by atoms with E-state index in [4.69, 9.17) is 4.98 Å². The summed E-state index contributed by atoms with van der Waals surface area (Å²) in [6.45, 7) is 9.49. The van der Waals surface area contributed by atoms with Crippen molar-refractivity contribution in [2.24, 2.45) is 0 Å². The maximum absolute atomic E-state index is 4.79. The van der Waals surface area contributed by atoms with Crippen molar-refractivity contribution in [2.75, 3.05) is 0 Å². The molecule has 4 heteroatoms. The van der Waals surface area contributed by atoms with Crippen LogP contribution in [0, 0.1) is 0 Å². The second-order valence-corrected chi connectivity index (χ2v) is 27.6. The number of thiophene rings is 1. The molecule has 0 spiro atoms. The van der Waals surface area contributed by atoms with Crippen molar-refractivity contribution >= 4 is 43.9 Å². The minimum atomic E-state index is -2.38. The molecule has 0 saturated heterocycles. The maximum atomic E-state index is 4.79. The van der Waals surface area contributed by atoms with Crippen LogP contribution in [0.3, 0.4) is 0 Å². The van der Waals surface area contributed by atoms with E-state index >= 15 is 0 Å². The van der Waals surface area contributed by atoms with Crippen molar-refractivity contribution < 1.29 is 0 Å². The van der Waals surface area contributed by atoms with Crippen LogP contribution < -0.4 is 2.89 Å². The van der Waals surface area contributed by atoms with E-state index < -0.39 is 18.4 Å². The summed E-state index contributed by atoms with van der Waals surface area (Å²) in [6.07, 6.45) is 28.8. The van der Waals surface area contributed by atoms with E-state index in [-0.39, 0.29) is 0 Å². The zero-order valence-electron chi connectivity index (χ0n) is 25.1. The molecule has 0 aliphatic heterocycles. The van der Waals surface area contributed by atoms with Gasteiger partial charge in [0.25, 0.3) is 0 Å². The van der Waals surface area contributed by atoms with Gasteiger partial charge < -0.3 is 0 Å². The Hall–Kier alpha value is 0.129. The van der Waals surface area contributed by atoms with Gasteiger partial charge in [-0.05, 0) is 0 Å². The first-order valence-corrected chi connectivity index (χ1v) is 25.4. The van der Waals surface area contributed by atoms with Crippen LogP contribution in [0.1, 0.15) is 149 Å². The van der Waals surface area contributed by atoms with Crippen LogP contribution in [-0.4, -0.2) is 23.4 Å². The predicted molar refractivity (Wildman–Crippen MR) is 175 cm³/mol. The number of aryl methyl sites for hydroxylation is 1. The summed E-state index contributed by atoms with van der Waals surface area (Å²) in [4.78, 5) is 6.33. The number of hydrogen-bond acceptors (Lipinski definition) is 3. The van der Waals surface area contributed by atoms with E-state index in [1.54, 1.807) is 23.8 Å². The fraction of sp³-hybridized carbons (Fsp3) is 0.788. The Labute approximate surface area is 243 Å². The van der Waals surface area contributed by atoms with Crippen LogP contribution in [0.2, 0.25) is 13.3 Å². The van der Waals surface area contributed by atoms with Gasteiger partial charge in [0.05, 0.1) is 0 Å². The van der Waals surface area contributed by atoms with Crippen molar-refractivity contribution in [1.29, 1.82) is 0 Å². The molecule has 2 aromatic heterocycles. The van der Waals surface area contributed by atoms with E-state index in [1.165, 1.54) is 127 Å². The first kappa shape index (κ1) is 33.3. The Kier molecular flexibility index (Phi) is 18.9. The van der Waals surface area contributed by atoms with E-state index in [9.17, 15) is 0 Å². The number of nitrogens with zero attached hydrogens (tertiary/aromatic N) is 1. The van der Waals surface area contributed by atoms with Gasteiger partial charge in [0.2, 0.25) is 0 Å². The molecule has 2 rings (SSSR count). The van der Waals surface area contributed by atoms with Crippen LogP contribution in [0.15, 0.2) is 17.6 Å². The molecule has 0 fully saturated rings. The molecular formula is C33H59NS2Sn. The molecule has 0 radical (unpaired) electrons. The summed E-state index contributed by atoms with van der Waals surface area (Å²) >= 11 is 1.67. The Morgan fingerprint density at radius 1 is 0.622 bits per heavy atom. The summed E-state index contributed by atoms with van der Waals surface area (Å²) in [6, 6.07) is 2.75. The SMILES string of the molecule is CCCCCCCCCCCCCCc1c[c]([Sn]([CH2]CCC)([CH2]CCC)[CH2]CCC)sc1-c1nccs1. The van der Waals surface area contributed by atoms with Crippen molar-refractivity contribution in [1.82, 2.24) is 4.98 Å². The number of unbranched alkanes of at least 4 members (excludes halogenated alkanes) is 14. The summed E-state index contributed by atoms with van der Waals surface area (Å²) in [5, 5.41) is 3.45. The van der Waals surface area contributed by atoms with Gasteiger partial charge in [-0.25, -0.2) is 0 Å². The molecule has 2 heterocycles. The van der Waals surface area contributed by atoms with Gasteiger partial charge in [-0.3, -0.25) is 0 Å². The Balaban J connectivity index is 1.97. The van der Waals surface area contributed by atoms with Crippen LogP contribution in [0.5, 0.6) is 0 Å². The third-order valence-corrected chi connectivity index (χ3v) is 28.6. The molecule has 0 saturated carbocycles. The van der Waals surface area contributed by atoms with Gasteiger partial charge in [-0.15, -0.1) is 0 Å². The molecule has 0 N–H and O–H groups in total. The van der Waals surface area contributed by atoms with Crippen LogP contribution in [0.4, 0.5) is 0 Å². The molecule has 0 aromatic carbocycles. The van der Waals surface area contributed by atoms with Crippen molar-refractivity contribution in [2.45, 2.75) is 163 Å². The molecule has 0 unspecified atom stereocenters. The molecule has 2 aromatic rings. The second-order valence-electron chi connectivity index (χ2n) is 11.5. The minimum absolute atomic E-state index is 1.26. The van der Waals surface area contributed by atoms with E-state index in [0.29, 0.717) is 0 Å². The molecule has 0 atom stereocenters. The topological polar surface area (TPSA) is 12.9 Å². The number of thiazole rings is 1. The third kappa shape index (κ3) is 12.5. The fourth-order valence-corrected chi connectivity index (χ4v) is 27.0. The van der Waals surface area contributed by atoms with E-state index in [0.717, 1.165) is 0 Å². The van der Waals surface area contributed by atoms with Gasteiger partial charge in [-0.1, -0.05) is 32.6 Å². The Morgan fingerprint density at radius 2 is 1.11 bits per heavy atom. The molecule has 1 nitrogen and oxygen atoms in total. The standard InChI is InChI=1S/C21H32NS2.3C4H9.Sn/c1-2-3-4-5-6-7-8-9-10-11-12-13-14-19-15-17-23-20(19)21-22-16-18-24-21;3*1-3-4-2;/h15-16,18H,2-14H2,1H3;3*1,3-4H2,2H3;. The average Bonchev–Trinajstić information content (AvgIpc) is 3.60. The van der Waals surface area contributed by atoms with Crippen LogP contribution in [0.25, 0.3) is 9.88 Å². The number of aromatic nitrogens is 1. The molecular weight excluding hydrogens is 593 g/mol. The third-order valence-electron chi connectivity index (χ3n) is 8.28. The zero-order chi connectivity index (χ0) is 26.6. The monoisotopic (exact) mass is 653 g/mol. The van der Waals surface area contributed by atoms with Gasteiger partial charge in [0.1, 0.15) is 0 Å². The second kappa shape index (κ2) is 21.0. The first-order valence-electron chi connectivity index (χ1n) is 16.2. The van der Waals surface area contributed by atoms with Gasteiger partial charge in [0.15, 0.2) is 0 Å². The summed E-state index contributed by atoms with van der Waals surface area (Å²) < 4.78 is 6.60. The molecule has 0 bridgehead atoms. The fourth-order valence-electron chi connectivity index (χ4n) is 5.84. The number of hydrogen-bond donors (Lipinski definition) is 0. The molecule has 37 heavy (non-hydrogen) atoms. The quantitative estimate of drug-likeness (QED) is 0.0812. The summed E-state index contributed by atoms with van der Waals surface area (Å²) in [5.74, 6) is 0. The van der Waals surface area contributed by atoms with Gasteiger partial charge in [0, 0.05) is 0 Å². The summed E-state index contributed by atoms with van der Waals surface area (Å²) in [5.41, 5.74) is 1.65. The van der Waals surface area contributed by atoms with Gasteiger partial charge in [-0.2, -0.15) is 0 Å². The zero-order valence-corrected chi connectivity index (χ0v) is 29.5. The summed E-state index contributed by atoms with van der Waals surface area (Å²) in [7, 11) is 0. The molecule has 212 valence electrons. The molecule has 0 aliphatic rings. The average molecular weight is 653 g/mol. The van der Waals surface area contributed by atoms with Crippen LogP contribution in [-0.2, 0) is 6.42 Å². The normalized spacial score (nSPS) is 12.0. The van der Waals surface area contributed by atoms with E-state index in [2.05, 4.69) is 50.5 Å². The molecule has 0 aliphatic carbocycles. The molecule has 0 amide bonds. The predicted octanol–water partition coefficient (Wildman–Crippen LogP) is 12.2.